The van der Waals surface area contributed by atoms with Crippen molar-refractivity contribution in [1.29, 1.82) is 0 Å². The van der Waals surface area contributed by atoms with E-state index < -0.39 is 17.1 Å². The van der Waals surface area contributed by atoms with Crippen LogP contribution < -0.4 is 10.6 Å². The predicted octanol–water partition coefficient (Wildman–Crippen LogP) is 2.58. The number of benzene rings is 1. The van der Waals surface area contributed by atoms with Gasteiger partial charge in [0.2, 0.25) is 11.8 Å². The number of carbonyl (C=O) groups excluding carboxylic acids is 2. The molecule has 1 rings (SSSR count). The lowest BCUT2D eigenvalue weighted by molar-refractivity contribution is -0.130. The van der Waals surface area contributed by atoms with E-state index in [-0.39, 0.29) is 17.5 Å². The molecule has 0 fully saturated rings. The molecular weight excluding hydrogens is 271 g/mol. The number of nitrogens with one attached hydrogen (secondary N) is 2. The third-order valence-corrected chi connectivity index (χ3v) is 2.58. The number of amides is 2. The molecule has 0 aliphatic rings. The third kappa shape index (κ3) is 4.87. The van der Waals surface area contributed by atoms with Crippen molar-refractivity contribution in [2.24, 2.45) is 5.41 Å². The topological polar surface area (TPSA) is 58.2 Å². The van der Waals surface area contributed by atoms with Gasteiger partial charge in [0.1, 0.15) is 5.82 Å². The molecule has 6 heteroatoms. The van der Waals surface area contributed by atoms with E-state index in [1.54, 1.807) is 20.8 Å². The van der Waals surface area contributed by atoms with Gasteiger partial charge in [-0.3, -0.25) is 9.59 Å². The minimum atomic E-state index is -0.556. The molecule has 0 radical (unpaired) electrons. The summed E-state index contributed by atoms with van der Waals surface area (Å²) in [5.74, 6) is -1.18. The molecule has 0 saturated heterocycles. The van der Waals surface area contributed by atoms with Crippen molar-refractivity contribution >= 4 is 29.1 Å². The SMILES string of the molecule is CC(C)(C)C(=O)NCC(=O)Nc1ccc(F)c(Cl)c1. The first-order valence-corrected chi connectivity index (χ1v) is 6.11. The molecule has 0 unspecified atom stereocenters. The average Bonchev–Trinajstić information content (AvgIpc) is 2.29. The van der Waals surface area contributed by atoms with Gasteiger partial charge in [-0.15, -0.1) is 0 Å². The number of hydrogen-bond donors (Lipinski definition) is 2. The summed E-state index contributed by atoms with van der Waals surface area (Å²) in [6, 6.07) is 3.86. The van der Waals surface area contributed by atoms with Gasteiger partial charge in [0.15, 0.2) is 0 Å². The van der Waals surface area contributed by atoms with Crippen LogP contribution in [0, 0.1) is 11.2 Å². The first kappa shape index (κ1) is 15.4. The quantitative estimate of drug-likeness (QED) is 0.897. The van der Waals surface area contributed by atoms with E-state index in [4.69, 9.17) is 11.6 Å². The van der Waals surface area contributed by atoms with E-state index in [0.29, 0.717) is 5.69 Å². The minimum Gasteiger partial charge on any atom is -0.347 e. The van der Waals surface area contributed by atoms with E-state index in [9.17, 15) is 14.0 Å². The fraction of sp³-hybridized carbons (Fsp3) is 0.385. The van der Waals surface area contributed by atoms with Gasteiger partial charge in [0.05, 0.1) is 11.6 Å². The highest BCUT2D eigenvalue weighted by Crippen LogP contribution is 2.19. The molecule has 2 amide bonds. The largest absolute Gasteiger partial charge is 0.347 e. The fourth-order valence-electron chi connectivity index (χ4n) is 1.20. The Kier molecular flexibility index (Phi) is 4.89. The Balaban J connectivity index is 2.52. The van der Waals surface area contributed by atoms with Crippen LogP contribution in [0.3, 0.4) is 0 Å². The highest BCUT2D eigenvalue weighted by atomic mass is 35.5. The molecule has 0 aliphatic carbocycles. The summed E-state index contributed by atoms with van der Waals surface area (Å²) in [5.41, 5.74) is -0.180. The lowest BCUT2D eigenvalue weighted by atomic mass is 9.96. The van der Waals surface area contributed by atoms with Crippen LogP contribution in [0.25, 0.3) is 0 Å². The lowest BCUT2D eigenvalue weighted by Gasteiger charge is -2.17. The normalized spacial score (nSPS) is 11.0. The van der Waals surface area contributed by atoms with Crippen molar-refractivity contribution in [3.63, 3.8) is 0 Å². The monoisotopic (exact) mass is 286 g/mol. The first-order chi connectivity index (χ1) is 8.70. The van der Waals surface area contributed by atoms with Gasteiger partial charge < -0.3 is 10.6 Å². The molecule has 0 spiro atoms. The molecule has 1 aromatic rings. The van der Waals surface area contributed by atoms with E-state index in [1.807, 2.05) is 0 Å². The van der Waals surface area contributed by atoms with Crippen molar-refractivity contribution in [3.8, 4) is 0 Å². The molecule has 0 aliphatic heterocycles. The standard InChI is InChI=1S/C13H16ClFN2O2/c1-13(2,3)12(19)16-7-11(18)17-8-4-5-10(15)9(14)6-8/h4-6H,7H2,1-3H3,(H,16,19)(H,17,18). The number of hydrogen-bond acceptors (Lipinski definition) is 2. The lowest BCUT2D eigenvalue weighted by Crippen LogP contribution is -2.39. The smallest absolute Gasteiger partial charge is 0.243 e. The molecule has 0 bridgehead atoms. The average molecular weight is 287 g/mol. The van der Waals surface area contributed by atoms with E-state index >= 15 is 0 Å². The zero-order chi connectivity index (χ0) is 14.6. The Hall–Kier alpha value is -1.62. The molecule has 0 atom stereocenters. The van der Waals surface area contributed by atoms with Gasteiger partial charge >= 0.3 is 0 Å². The van der Waals surface area contributed by atoms with Crippen LogP contribution in [-0.2, 0) is 9.59 Å². The Morgan fingerprint density at radius 2 is 1.95 bits per heavy atom. The second-order valence-electron chi connectivity index (χ2n) is 5.11. The summed E-state index contributed by atoms with van der Waals surface area (Å²) in [5, 5.41) is 4.95. The van der Waals surface area contributed by atoms with Gasteiger partial charge in [0.25, 0.3) is 0 Å². The molecule has 0 saturated carbocycles. The maximum absolute atomic E-state index is 12.9. The summed E-state index contributed by atoms with van der Waals surface area (Å²) >= 11 is 5.59. The molecule has 4 nitrogen and oxygen atoms in total. The summed E-state index contributed by atoms with van der Waals surface area (Å²) in [6.07, 6.45) is 0. The summed E-state index contributed by atoms with van der Waals surface area (Å²) in [4.78, 5) is 23.1. The fourth-order valence-corrected chi connectivity index (χ4v) is 1.39. The van der Waals surface area contributed by atoms with Crippen molar-refractivity contribution in [1.82, 2.24) is 5.32 Å². The zero-order valence-electron chi connectivity index (χ0n) is 11.0. The number of rotatable bonds is 3. The van der Waals surface area contributed by atoms with Gasteiger partial charge in [-0.1, -0.05) is 32.4 Å². The third-order valence-electron chi connectivity index (χ3n) is 2.29. The number of carbonyl (C=O) groups is 2. The second kappa shape index (κ2) is 6.02. The maximum atomic E-state index is 12.9. The van der Waals surface area contributed by atoms with E-state index in [2.05, 4.69) is 10.6 Å². The summed E-state index contributed by atoms with van der Waals surface area (Å²) < 4.78 is 12.9. The first-order valence-electron chi connectivity index (χ1n) is 5.73. The highest BCUT2D eigenvalue weighted by Gasteiger charge is 2.21. The van der Waals surface area contributed by atoms with Crippen molar-refractivity contribution in [2.45, 2.75) is 20.8 Å². The highest BCUT2D eigenvalue weighted by molar-refractivity contribution is 6.31. The summed E-state index contributed by atoms with van der Waals surface area (Å²) in [6.45, 7) is 5.10. The van der Waals surface area contributed by atoms with Crippen molar-refractivity contribution < 1.29 is 14.0 Å². The number of halogens is 2. The van der Waals surface area contributed by atoms with Crippen LogP contribution in [0.1, 0.15) is 20.8 Å². The van der Waals surface area contributed by atoms with Crippen LogP contribution in [-0.4, -0.2) is 18.4 Å². The molecule has 19 heavy (non-hydrogen) atoms. The molecule has 104 valence electrons. The van der Waals surface area contributed by atoms with Crippen LogP contribution in [0.2, 0.25) is 5.02 Å². The molecule has 0 aromatic heterocycles. The van der Waals surface area contributed by atoms with Gasteiger partial charge in [0, 0.05) is 11.1 Å². The Morgan fingerprint density at radius 3 is 2.47 bits per heavy atom. The molecular formula is C13H16ClFN2O2. The van der Waals surface area contributed by atoms with Crippen molar-refractivity contribution in [3.05, 3.63) is 29.0 Å². The van der Waals surface area contributed by atoms with E-state index in [1.165, 1.54) is 12.1 Å². The van der Waals surface area contributed by atoms with Crippen molar-refractivity contribution in [2.75, 3.05) is 11.9 Å². The van der Waals surface area contributed by atoms with Crippen LogP contribution in [0.4, 0.5) is 10.1 Å². The summed E-state index contributed by atoms with van der Waals surface area (Å²) in [7, 11) is 0. The zero-order valence-corrected chi connectivity index (χ0v) is 11.8. The Labute approximate surface area is 116 Å². The predicted molar refractivity (Wildman–Crippen MR) is 72.5 cm³/mol. The second-order valence-corrected chi connectivity index (χ2v) is 5.52. The molecule has 1 aromatic carbocycles. The maximum Gasteiger partial charge on any atom is 0.243 e. The van der Waals surface area contributed by atoms with Crippen LogP contribution in [0.5, 0.6) is 0 Å². The van der Waals surface area contributed by atoms with Gasteiger partial charge in [-0.05, 0) is 18.2 Å². The minimum absolute atomic E-state index is 0.0727. The van der Waals surface area contributed by atoms with Gasteiger partial charge in [-0.25, -0.2) is 4.39 Å². The van der Waals surface area contributed by atoms with Gasteiger partial charge in [-0.2, -0.15) is 0 Å². The van der Waals surface area contributed by atoms with Crippen LogP contribution >= 0.6 is 11.6 Å². The number of anilines is 1. The van der Waals surface area contributed by atoms with Crippen LogP contribution in [0.15, 0.2) is 18.2 Å². The van der Waals surface area contributed by atoms with E-state index in [0.717, 1.165) is 6.07 Å². The Bertz CT molecular complexity index is 498. The molecule has 0 heterocycles. The Morgan fingerprint density at radius 1 is 1.32 bits per heavy atom. The molecule has 2 N–H and O–H groups in total.